The van der Waals surface area contributed by atoms with Crippen LogP contribution in [0.25, 0.3) is 0 Å². The molecule has 1 aromatic carbocycles. The monoisotopic (exact) mass is 234 g/mol. The van der Waals surface area contributed by atoms with Gasteiger partial charge in [0.25, 0.3) is 0 Å². The van der Waals surface area contributed by atoms with Gasteiger partial charge >= 0.3 is 0 Å². The number of hydrogen-bond acceptors (Lipinski definition) is 3. The smallest absolute Gasteiger partial charge is 0.0508 e. The molecule has 16 heavy (non-hydrogen) atoms. The van der Waals surface area contributed by atoms with Crippen molar-refractivity contribution in [3.63, 3.8) is 0 Å². The lowest BCUT2D eigenvalue weighted by Gasteiger charge is -2.34. The first kappa shape index (κ1) is 10.5. The number of anilines is 1. The molecule has 1 fully saturated rings. The van der Waals surface area contributed by atoms with Gasteiger partial charge in [0.15, 0.2) is 0 Å². The predicted molar refractivity (Wildman–Crippen MR) is 71.1 cm³/mol. The highest BCUT2D eigenvalue weighted by atomic mass is 32.2. The fraction of sp³-hybridized carbons (Fsp3) is 0.538. The van der Waals surface area contributed by atoms with E-state index in [1.54, 1.807) is 5.56 Å². The summed E-state index contributed by atoms with van der Waals surface area (Å²) < 4.78 is 2.46. The zero-order chi connectivity index (χ0) is 11.0. The maximum atomic E-state index is 3.47. The SMILES string of the molecule is CSN1CC2(CCNCC2)c2ccccc21. The van der Waals surface area contributed by atoms with Gasteiger partial charge in [0.05, 0.1) is 5.69 Å². The molecule has 0 atom stereocenters. The highest BCUT2D eigenvalue weighted by Crippen LogP contribution is 2.47. The molecule has 0 radical (unpaired) electrons. The number of rotatable bonds is 1. The van der Waals surface area contributed by atoms with Crippen LogP contribution in [0, 0.1) is 0 Å². The minimum atomic E-state index is 0.421. The molecule has 0 saturated carbocycles. The van der Waals surface area contributed by atoms with Gasteiger partial charge in [0.1, 0.15) is 0 Å². The first-order chi connectivity index (χ1) is 7.86. The summed E-state index contributed by atoms with van der Waals surface area (Å²) in [5, 5.41) is 3.47. The molecule has 3 rings (SSSR count). The van der Waals surface area contributed by atoms with Crippen LogP contribution in [0.15, 0.2) is 24.3 Å². The summed E-state index contributed by atoms with van der Waals surface area (Å²) >= 11 is 1.86. The van der Waals surface area contributed by atoms with Gasteiger partial charge in [-0.3, -0.25) is 0 Å². The molecule has 1 saturated heterocycles. The van der Waals surface area contributed by atoms with Crippen LogP contribution < -0.4 is 9.62 Å². The van der Waals surface area contributed by atoms with Crippen molar-refractivity contribution >= 4 is 17.6 Å². The molecule has 3 heteroatoms. The largest absolute Gasteiger partial charge is 0.317 e. The van der Waals surface area contributed by atoms with E-state index in [4.69, 9.17) is 0 Å². The third-order valence-electron chi connectivity index (χ3n) is 3.97. The van der Waals surface area contributed by atoms with Gasteiger partial charge in [0, 0.05) is 18.2 Å². The van der Waals surface area contributed by atoms with E-state index in [9.17, 15) is 0 Å². The highest BCUT2D eigenvalue weighted by molar-refractivity contribution is 8.00. The molecule has 2 aliphatic rings. The van der Waals surface area contributed by atoms with Crippen molar-refractivity contribution in [2.75, 3.05) is 30.2 Å². The summed E-state index contributed by atoms with van der Waals surface area (Å²) in [4.78, 5) is 0. The van der Waals surface area contributed by atoms with Crippen molar-refractivity contribution in [3.05, 3.63) is 29.8 Å². The predicted octanol–water partition coefficient (Wildman–Crippen LogP) is 2.41. The molecule has 1 N–H and O–H groups in total. The van der Waals surface area contributed by atoms with Crippen LogP contribution in [-0.2, 0) is 5.41 Å². The standard InChI is InChI=1S/C13H18N2S/c1-16-15-10-13(6-8-14-9-7-13)11-4-2-3-5-12(11)15/h2-5,14H,6-10H2,1H3. The number of nitrogens with zero attached hydrogens (tertiary/aromatic N) is 1. The zero-order valence-electron chi connectivity index (χ0n) is 9.70. The van der Waals surface area contributed by atoms with Gasteiger partial charge in [-0.25, -0.2) is 0 Å². The lowest BCUT2D eigenvalue weighted by molar-refractivity contribution is 0.331. The van der Waals surface area contributed by atoms with E-state index >= 15 is 0 Å². The van der Waals surface area contributed by atoms with Crippen molar-refractivity contribution < 1.29 is 0 Å². The molecule has 0 aromatic heterocycles. The van der Waals surface area contributed by atoms with E-state index in [1.807, 2.05) is 11.9 Å². The van der Waals surface area contributed by atoms with Crippen molar-refractivity contribution in [2.24, 2.45) is 0 Å². The van der Waals surface area contributed by atoms with Crippen molar-refractivity contribution in [1.82, 2.24) is 5.32 Å². The number of nitrogens with one attached hydrogen (secondary N) is 1. The molecule has 1 aromatic rings. The van der Waals surface area contributed by atoms with Crippen LogP contribution in [0.3, 0.4) is 0 Å². The van der Waals surface area contributed by atoms with Crippen molar-refractivity contribution in [2.45, 2.75) is 18.3 Å². The average molecular weight is 234 g/mol. The molecule has 2 aliphatic heterocycles. The summed E-state index contributed by atoms with van der Waals surface area (Å²) in [7, 11) is 0. The maximum absolute atomic E-state index is 3.47. The highest BCUT2D eigenvalue weighted by Gasteiger charge is 2.42. The Hall–Kier alpha value is -0.670. The number of para-hydroxylation sites is 1. The molecular weight excluding hydrogens is 216 g/mol. The van der Waals surface area contributed by atoms with E-state index in [0.29, 0.717) is 5.41 Å². The van der Waals surface area contributed by atoms with Crippen LogP contribution in [0.4, 0.5) is 5.69 Å². The van der Waals surface area contributed by atoms with Crippen LogP contribution in [0.1, 0.15) is 18.4 Å². The van der Waals surface area contributed by atoms with Crippen molar-refractivity contribution in [1.29, 1.82) is 0 Å². The maximum Gasteiger partial charge on any atom is 0.0508 e. The third-order valence-corrected chi connectivity index (χ3v) is 4.74. The van der Waals surface area contributed by atoms with E-state index in [1.165, 1.54) is 25.1 Å². The minimum Gasteiger partial charge on any atom is -0.317 e. The summed E-state index contributed by atoms with van der Waals surface area (Å²) in [6, 6.07) is 8.94. The van der Waals surface area contributed by atoms with Gasteiger partial charge < -0.3 is 9.62 Å². The molecule has 1 spiro atoms. The Morgan fingerprint density at radius 3 is 2.75 bits per heavy atom. The molecule has 0 amide bonds. The Morgan fingerprint density at radius 2 is 2.00 bits per heavy atom. The van der Waals surface area contributed by atoms with E-state index in [0.717, 1.165) is 13.1 Å². The van der Waals surface area contributed by atoms with Gasteiger partial charge in [0.2, 0.25) is 0 Å². The summed E-state index contributed by atoms with van der Waals surface area (Å²) in [6.45, 7) is 3.52. The first-order valence-electron chi connectivity index (χ1n) is 5.98. The third kappa shape index (κ3) is 1.45. The second-order valence-electron chi connectivity index (χ2n) is 4.77. The van der Waals surface area contributed by atoms with Gasteiger partial charge in [-0.05, 0) is 37.6 Å². The lowest BCUT2D eigenvalue weighted by atomic mass is 9.75. The molecule has 86 valence electrons. The number of benzene rings is 1. The Bertz CT molecular complexity index is 385. The lowest BCUT2D eigenvalue weighted by Crippen LogP contribution is -2.42. The average Bonchev–Trinajstić information content (AvgIpc) is 2.66. The molecule has 2 nitrogen and oxygen atoms in total. The Kier molecular flexibility index (Phi) is 2.60. The normalized spacial score (nSPS) is 22.4. The fourth-order valence-electron chi connectivity index (χ4n) is 3.08. The van der Waals surface area contributed by atoms with E-state index in [2.05, 4.69) is 40.1 Å². The van der Waals surface area contributed by atoms with E-state index < -0.39 is 0 Å². The second kappa shape index (κ2) is 3.97. The molecule has 0 unspecified atom stereocenters. The summed E-state index contributed by atoms with van der Waals surface area (Å²) in [6.07, 6.45) is 4.74. The molecule has 0 bridgehead atoms. The quantitative estimate of drug-likeness (QED) is 0.751. The molecule has 2 heterocycles. The fourth-order valence-corrected chi connectivity index (χ4v) is 3.81. The number of hydrogen-bond donors (Lipinski definition) is 1. The molecular formula is C13H18N2S. The number of piperidine rings is 1. The van der Waals surface area contributed by atoms with Crippen molar-refractivity contribution in [3.8, 4) is 0 Å². The number of fused-ring (bicyclic) bond motifs is 2. The first-order valence-corrected chi connectivity index (χ1v) is 7.16. The van der Waals surface area contributed by atoms with Crippen LogP contribution in [0.5, 0.6) is 0 Å². The Labute approximate surface area is 102 Å². The van der Waals surface area contributed by atoms with Gasteiger partial charge in [-0.2, -0.15) is 0 Å². The zero-order valence-corrected chi connectivity index (χ0v) is 10.5. The second-order valence-corrected chi connectivity index (χ2v) is 5.57. The minimum absolute atomic E-state index is 0.421. The summed E-state index contributed by atoms with van der Waals surface area (Å²) in [5.41, 5.74) is 3.44. The topological polar surface area (TPSA) is 15.3 Å². The Morgan fingerprint density at radius 1 is 1.25 bits per heavy atom. The Balaban J connectivity index is 2.04. The van der Waals surface area contributed by atoms with Gasteiger partial charge in [-0.1, -0.05) is 30.1 Å². The van der Waals surface area contributed by atoms with Gasteiger partial charge in [-0.15, -0.1) is 0 Å². The van der Waals surface area contributed by atoms with Crippen LogP contribution >= 0.6 is 11.9 Å². The van der Waals surface area contributed by atoms with Crippen LogP contribution in [0.2, 0.25) is 0 Å². The van der Waals surface area contributed by atoms with E-state index in [-0.39, 0.29) is 0 Å². The molecule has 0 aliphatic carbocycles. The van der Waals surface area contributed by atoms with Crippen LogP contribution in [-0.4, -0.2) is 25.9 Å². The summed E-state index contributed by atoms with van der Waals surface area (Å²) in [5.74, 6) is 0.